The van der Waals surface area contributed by atoms with Gasteiger partial charge in [0.1, 0.15) is 0 Å². The maximum atomic E-state index is 5.27. The summed E-state index contributed by atoms with van der Waals surface area (Å²) >= 11 is 8.64. The van der Waals surface area contributed by atoms with Crippen LogP contribution in [0.5, 0.6) is 0 Å². The molecule has 0 aliphatic carbocycles. The standard InChI is InChI=1S/C11H9N3S3/c15-11-13-12-10(9-2-1-4-17-9)14(11)6-8-3-5-16-7-8/h1-5,7H,6H2,(H,13,15). The average molecular weight is 279 g/mol. The van der Waals surface area contributed by atoms with Gasteiger partial charge in [0, 0.05) is 0 Å². The Balaban J connectivity index is 2.04. The number of thiophene rings is 2. The van der Waals surface area contributed by atoms with Crippen molar-refractivity contribution < 1.29 is 0 Å². The first kappa shape index (κ1) is 10.9. The molecule has 0 unspecified atom stereocenters. The van der Waals surface area contributed by atoms with E-state index in [-0.39, 0.29) is 0 Å². The zero-order valence-electron chi connectivity index (χ0n) is 8.79. The van der Waals surface area contributed by atoms with Crippen molar-refractivity contribution in [2.24, 2.45) is 0 Å². The molecule has 3 aromatic rings. The summed E-state index contributed by atoms with van der Waals surface area (Å²) in [5.41, 5.74) is 1.25. The van der Waals surface area contributed by atoms with Crippen LogP contribution in [0.1, 0.15) is 5.56 Å². The summed E-state index contributed by atoms with van der Waals surface area (Å²) in [7, 11) is 0. The Bertz CT molecular complexity index is 647. The Labute approximate surface area is 111 Å². The average Bonchev–Trinajstić information content (AvgIpc) is 3.03. The van der Waals surface area contributed by atoms with Crippen LogP contribution in [0.4, 0.5) is 0 Å². The minimum absolute atomic E-state index is 0.666. The predicted molar refractivity (Wildman–Crippen MR) is 74.1 cm³/mol. The van der Waals surface area contributed by atoms with Gasteiger partial charge in [0.25, 0.3) is 0 Å². The van der Waals surface area contributed by atoms with E-state index in [4.69, 9.17) is 12.2 Å². The second-order valence-corrected chi connectivity index (χ2v) is 5.66. The van der Waals surface area contributed by atoms with Crippen LogP contribution >= 0.6 is 34.9 Å². The Hall–Kier alpha value is -1.24. The Morgan fingerprint density at radius 2 is 2.29 bits per heavy atom. The first-order valence-electron chi connectivity index (χ1n) is 5.05. The number of hydrogen-bond acceptors (Lipinski definition) is 4. The summed E-state index contributed by atoms with van der Waals surface area (Å²) in [5.74, 6) is 0.913. The van der Waals surface area contributed by atoms with Crippen molar-refractivity contribution in [3.8, 4) is 10.7 Å². The first-order valence-corrected chi connectivity index (χ1v) is 7.28. The molecular weight excluding hydrogens is 270 g/mol. The summed E-state index contributed by atoms with van der Waals surface area (Å²) in [4.78, 5) is 1.13. The summed E-state index contributed by atoms with van der Waals surface area (Å²) < 4.78 is 2.70. The van der Waals surface area contributed by atoms with E-state index in [1.807, 2.05) is 16.0 Å². The van der Waals surface area contributed by atoms with Crippen molar-refractivity contribution in [3.63, 3.8) is 0 Å². The number of aromatic nitrogens is 3. The van der Waals surface area contributed by atoms with Gasteiger partial charge in [-0.3, -0.25) is 9.67 Å². The Kier molecular flexibility index (Phi) is 2.92. The van der Waals surface area contributed by atoms with E-state index in [0.29, 0.717) is 4.77 Å². The van der Waals surface area contributed by atoms with Crippen molar-refractivity contribution in [1.82, 2.24) is 14.8 Å². The lowest BCUT2D eigenvalue weighted by Gasteiger charge is -2.03. The maximum absolute atomic E-state index is 5.27. The summed E-state index contributed by atoms with van der Waals surface area (Å²) in [5, 5.41) is 13.4. The van der Waals surface area contributed by atoms with Gasteiger partial charge in [0.2, 0.25) is 0 Å². The van der Waals surface area contributed by atoms with Crippen molar-refractivity contribution in [1.29, 1.82) is 0 Å². The zero-order valence-corrected chi connectivity index (χ0v) is 11.2. The molecule has 3 rings (SSSR count). The minimum Gasteiger partial charge on any atom is -0.295 e. The van der Waals surface area contributed by atoms with Gasteiger partial charge < -0.3 is 0 Å². The van der Waals surface area contributed by atoms with Crippen LogP contribution in [0.2, 0.25) is 0 Å². The smallest absolute Gasteiger partial charge is 0.195 e. The van der Waals surface area contributed by atoms with E-state index in [1.165, 1.54) is 5.56 Å². The van der Waals surface area contributed by atoms with Crippen LogP contribution < -0.4 is 0 Å². The van der Waals surface area contributed by atoms with Crippen molar-refractivity contribution in [2.45, 2.75) is 6.54 Å². The maximum Gasteiger partial charge on any atom is 0.195 e. The molecule has 3 aromatic heterocycles. The van der Waals surface area contributed by atoms with E-state index in [1.54, 1.807) is 22.7 Å². The van der Waals surface area contributed by atoms with Gasteiger partial charge in [-0.25, -0.2) is 0 Å². The fourth-order valence-corrected chi connectivity index (χ4v) is 3.20. The SMILES string of the molecule is S=c1[nH]nc(-c2cccs2)n1Cc1ccsc1. The van der Waals surface area contributed by atoms with Crippen LogP contribution in [-0.4, -0.2) is 14.8 Å². The van der Waals surface area contributed by atoms with Gasteiger partial charge in [0.15, 0.2) is 10.6 Å². The third-order valence-electron chi connectivity index (χ3n) is 2.42. The molecule has 17 heavy (non-hydrogen) atoms. The number of hydrogen-bond donors (Lipinski definition) is 1. The van der Waals surface area contributed by atoms with Gasteiger partial charge in [-0.2, -0.15) is 16.4 Å². The number of H-pyrrole nitrogens is 1. The molecule has 0 amide bonds. The Morgan fingerprint density at radius 1 is 1.35 bits per heavy atom. The van der Waals surface area contributed by atoms with Gasteiger partial charge >= 0.3 is 0 Å². The quantitative estimate of drug-likeness (QED) is 0.740. The van der Waals surface area contributed by atoms with Crippen molar-refractivity contribution >= 4 is 34.9 Å². The molecule has 0 radical (unpaired) electrons. The lowest BCUT2D eigenvalue weighted by atomic mass is 10.3. The zero-order chi connectivity index (χ0) is 11.7. The Morgan fingerprint density at radius 3 is 3.00 bits per heavy atom. The van der Waals surface area contributed by atoms with Gasteiger partial charge in [-0.1, -0.05) is 6.07 Å². The lowest BCUT2D eigenvalue weighted by Crippen LogP contribution is -2.00. The second kappa shape index (κ2) is 4.56. The number of nitrogens with one attached hydrogen (secondary N) is 1. The molecule has 6 heteroatoms. The van der Waals surface area contributed by atoms with Crippen LogP contribution in [0.15, 0.2) is 34.3 Å². The number of rotatable bonds is 3. The molecule has 0 aromatic carbocycles. The van der Waals surface area contributed by atoms with Gasteiger partial charge in [-0.05, 0) is 46.1 Å². The second-order valence-electron chi connectivity index (χ2n) is 3.55. The molecule has 3 heterocycles. The van der Waals surface area contributed by atoms with Crippen molar-refractivity contribution in [2.75, 3.05) is 0 Å². The highest BCUT2D eigenvalue weighted by Crippen LogP contribution is 2.23. The summed E-state index contributed by atoms with van der Waals surface area (Å²) in [6, 6.07) is 6.18. The van der Waals surface area contributed by atoms with E-state index in [2.05, 4.69) is 33.1 Å². The molecule has 0 spiro atoms. The molecule has 0 atom stereocenters. The van der Waals surface area contributed by atoms with Crippen LogP contribution in [0.25, 0.3) is 10.7 Å². The van der Waals surface area contributed by atoms with E-state index >= 15 is 0 Å². The molecule has 0 saturated carbocycles. The lowest BCUT2D eigenvalue weighted by molar-refractivity contribution is 0.794. The number of aromatic amines is 1. The van der Waals surface area contributed by atoms with Gasteiger partial charge in [-0.15, -0.1) is 11.3 Å². The highest BCUT2D eigenvalue weighted by molar-refractivity contribution is 7.71. The van der Waals surface area contributed by atoms with Crippen LogP contribution in [0, 0.1) is 4.77 Å². The van der Waals surface area contributed by atoms with Crippen molar-refractivity contribution in [3.05, 3.63) is 44.7 Å². The largest absolute Gasteiger partial charge is 0.295 e. The molecular formula is C11H9N3S3. The van der Waals surface area contributed by atoms with Crippen LogP contribution in [0.3, 0.4) is 0 Å². The summed E-state index contributed by atoms with van der Waals surface area (Å²) in [6.07, 6.45) is 0. The number of nitrogens with zero attached hydrogens (tertiary/aromatic N) is 2. The van der Waals surface area contributed by atoms with E-state index < -0.39 is 0 Å². The molecule has 0 fully saturated rings. The molecule has 1 N–H and O–H groups in total. The van der Waals surface area contributed by atoms with E-state index in [9.17, 15) is 0 Å². The highest BCUT2D eigenvalue weighted by atomic mass is 32.1. The predicted octanol–water partition coefficient (Wildman–Crippen LogP) is 3.78. The fourth-order valence-electron chi connectivity index (χ4n) is 1.62. The molecule has 3 nitrogen and oxygen atoms in total. The first-order chi connectivity index (χ1) is 8.34. The minimum atomic E-state index is 0.666. The fraction of sp³-hybridized carbons (Fsp3) is 0.0909. The summed E-state index contributed by atoms with van der Waals surface area (Å²) in [6.45, 7) is 0.770. The normalized spacial score (nSPS) is 10.8. The molecule has 86 valence electrons. The molecule has 0 aliphatic heterocycles. The third-order valence-corrected chi connectivity index (χ3v) is 4.33. The third kappa shape index (κ3) is 2.11. The van der Waals surface area contributed by atoms with Crippen LogP contribution in [-0.2, 0) is 6.54 Å². The molecule has 0 bridgehead atoms. The van der Waals surface area contributed by atoms with E-state index in [0.717, 1.165) is 17.2 Å². The topological polar surface area (TPSA) is 33.6 Å². The highest BCUT2D eigenvalue weighted by Gasteiger charge is 2.09. The van der Waals surface area contributed by atoms with Gasteiger partial charge in [0.05, 0.1) is 11.4 Å². The molecule has 0 saturated heterocycles. The molecule has 0 aliphatic rings. The monoisotopic (exact) mass is 279 g/mol.